The van der Waals surface area contributed by atoms with Crippen LogP contribution in [0.1, 0.15) is 6.92 Å². The standard InChI is InChI=1S/C5H7NO/c1-4(2)5(7)3-6/h5,7H,1H2,2H3. The highest BCUT2D eigenvalue weighted by Gasteiger charge is 1.97. The van der Waals surface area contributed by atoms with E-state index in [0.29, 0.717) is 5.57 Å². The van der Waals surface area contributed by atoms with Crippen LogP contribution in [0.25, 0.3) is 0 Å². The molecule has 1 N–H and O–H groups in total. The summed E-state index contributed by atoms with van der Waals surface area (Å²) in [7, 11) is 0. The maximum absolute atomic E-state index is 8.47. The third kappa shape index (κ3) is 1.96. The van der Waals surface area contributed by atoms with Crippen molar-refractivity contribution in [3.63, 3.8) is 0 Å². The summed E-state index contributed by atoms with van der Waals surface area (Å²) in [5.41, 5.74) is 0.488. The van der Waals surface area contributed by atoms with Gasteiger partial charge in [-0.05, 0) is 12.5 Å². The van der Waals surface area contributed by atoms with Crippen LogP contribution in [-0.4, -0.2) is 11.2 Å². The van der Waals surface area contributed by atoms with E-state index in [-0.39, 0.29) is 0 Å². The van der Waals surface area contributed by atoms with Crippen LogP contribution >= 0.6 is 0 Å². The van der Waals surface area contributed by atoms with E-state index in [0.717, 1.165) is 0 Å². The number of rotatable bonds is 1. The van der Waals surface area contributed by atoms with Gasteiger partial charge in [0, 0.05) is 0 Å². The highest BCUT2D eigenvalue weighted by molar-refractivity contribution is 5.07. The monoisotopic (exact) mass is 97.1 g/mol. The molecule has 0 saturated heterocycles. The molecule has 7 heavy (non-hydrogen) atoms. The van der Waals surface area contributed by atoms with Gasteiger partial charge in [-0.2, -0.15) is 5.26 Å². The molecule has 0 aliphatic carbocycles. The minimum atomic E-state index is -0.986. The van der Waals surface area contributed by atoms with Crippen LogP contribution in [0, 0.1) is 11.3 Å². The predicted octanol–water partition coefficient (Wildman–Crippen LogP) is 0.447. The van der Waals surface area contributed by atoms with Crippen LogP contribution in [-0.2, 0) is 0 Å². The molecule has 0 fully saturated rings. The largest absolute Gasteiger partial charge is 0.374 e. The lowest BCUT2D eigenvalue weighted by Gasteiger charge is -1.93. The highest BCUT2D eigenvalue weighted by atomic mass is 16.3. The first-order valence-corrected chi connectivity index (χ1v) is 1.91. The Hall–Kier alpha value is -0.810. The molecule has 2 heteroatoms. The molecule has 0 amide bonds. The van der Waals surface area contributed by atoms with Crippen molar-refractivity contribution in [1.82, 2.24) is 0 Å². The SMILES string of the molecule is C=C(C)C(O)C#N. The van der Waals surface area contributed by atoms with Crippen LogP contribution < -0.4 is 0 Å². The Morgan fingerprint density at radius 3 is 2.43 bits per heavy atom. The smallest absolute Gasteiger partial charge is 0.161 e. The van der Waals surface area contributed by atoms with Gasteiger partial charge >= 0.3 is 0 Å². The Labute approximate surface area is 42.7 Å². The van der Waals surface area contributed by atoms with Gasteiger partial charge in [-0.3, -0.25) is 0 Å². The van der Waals surface area contributed by atoms with Crippen LogP contribution in [0.4, 0.5) is 0 Å². The van der Waals surface area contributed by atoms with E-state index in [1.54, 1.807) is 13.0 Å². The summed E-state index contributed by atoms with van der Waals surface area (Å²) >= 11 is 0. The number of aliphatic hydroxyl groups is 1. The summed E-state index contributed by atoms with van der Waals surface area (Å²) in [6.45, 7) is 4.96. The Morgan fingerprint density at radius 2 is 2.43 bits per heavy atom. The van der Waals surface area contributed by atoms with Crippen LogP contribution in [0.3, 0.4) is 0 Å². The average molecular weight is 97.1 g/mol. The Morgan fingerprint density at radius 1 is 2.00 bits per heavy atom. The quantitative estimate of drug-likeness (QED) is 0.381. The molecule has 0 aromatic heterocycles. The second kappa shape index (κ2) is 2.38. The van der Waals surface area contributed by atoms with Gasteiger partial charge in [0.2, 0.25) is 0 Å². The van der Waals surface area contributed by atoms with Crippen molar-refractivity contribution in [2.24, 2.45) is 0 Å². The van der Waals surface area contributed by atoms with Crippen molar-refractivity contribution in [3.8, 4) is 6.07 Å². The van der Waals surface area contributed by atoms with E-state index in [4.69, 9.17) is 10.4 Å². The van der Waals surface area contributed by atoms with Gasteiger partial charge in [-0.15, -0.1) is 0 Å². The molecule has 0 aliphatic rings. The van der Waals surface area contributed by atoms with Crippen molar-refractivity contribution in [1.29, 1.82) is 5.26 Å². The number of hydrogen-bond donors (Lipinski definition) is 1. The minimum Gasteiger partial charge on any atom is -0.374 e. The molecule has 1 atom stereocenters. The number of aliphatic hydroxyl groups excluding tert-OH is 1. The molecule has 0 radical (unpaired) electrons. The van der Waals surface area contributed by atoms with Gasteiger partial charge in [0.05, 0.1) is 6.07 Å². The lowest BCUT2D eigenvalue weighted by atomic mass is 10.2. The summed E-state index contributed by atoms with van der Waals surface area (Å²) in [6, 6.07) is 1.62. The second-order valence-electron chi connectivity index (χ2n) is 1.38. The molecule has 0 bridgehead atoms. The van der Waals surface area contributed by atoms with Gasteiger partial charge in [-0.25, -0.2) is 0 Å². The van der Waals surface area contributed by atoms with E-state index in [1.165, 1.54) is 0 Å². The second-order valence-corrected chi connectivity index (χ2v) is 1.38. The summed E-state index contributed by atoms with van der Waals surface area (Å²) in [6.07, 6.45) is -0.986. The third-order valence-corrected chi connectivity index (χ3v) is 0.589. The zero-order valence-electron chi connectivity index (χ0n) is 4.18. The van der Waals surface area contributed by atoms with Crippen LogP contribution in [0.15, 0.2) is 12.2 Å². The molecule has 0 aliphatic heterocycles. The highest BCUT2D eigenvalue weighted by Crippen LogP contribution is 1.92. The summed E-state index contributed by atoms with van der Waals surface area (Å²) in [5, 5.41) is 16.4. The summed E-state index contributed by atoms with van der Waals surface area (Å²) < 4.78 is 0. The van der Waals surface area contributed by atoms with Crippen LogP contribution in [0.2, 0.25) is 0 Å². The lowest BCUT2D eigenvalue weighted by molar-refractivity contribution is 0.266. The molecule has 0 heterocycles. The predicted molar refractivity (Wildman–Crippen MR) is 26.4 cm³/mol. The maximum atomic E-state index is 8.47. The van der Waals surface area contributed by atoms with Gasteiger partial charge in [0.25, 0.3) is 0 Å². The Balaban J connectivity index is 3.63. The first kappa shape index (κ1) is 6.19. The Kier molecular flexibility index (Phi) is 2.10. The zero-order valence-corrected chi connectivity index (χ0v) is 4.18. The van der Waals surface area contributed by atoms with E-state index < -0.39 is 6.10 Å². The molecule has 1 unspecified atom stereocenters. The zero-order chi connectivity index (χ0) is 5.86. The number of nitrogens with zero attached hydrogens (tertiary/aromatic N) is 1. The van der Waals surface area contributed by atoms with E-state index >= 15 is 0 Å². The van der Waals surface area contributed by atoms with Crippen molar-refractivity contribution in [2.75, 3.05) is 0 Å². The van der Waals surface area contributed by atoms with Crippen molar-refractivity contribution in [2.45, 2.75) is 13.0 Å². The first-order chi connectivity index (χ1) is 3.18. The number of hydrogen-bond acceptors (Lipinski definition) is 2. The maximum Gasteiger partial charge on any atom is 0.161 e. The summed E-state index contributed by atoms with van der Waals surface area (Å²) in [5.74, 6) is 0. The normalized spacial score (nSPS) is 12.1. The van der Waals surface area contributed by atoms with E-state index in [1.807, 2.05) is 0 Å². The molecule has 0 spiro atoms. The lowest BCUT2D eigenvalue weighted by Crippen LogP contribution is -2.01. The van der Waals surface area contributed by atoms with Gasteiger partial charge < -0.3 is 5.11 Å². The molecule has 2 nitrogen and oxygen atoms in total. The van der Waals surface area contributed by atoms with Crippen LogP contribution in [0.5, 0.6) is 0 Å². The summed E-state index contributed by atoms with van der Waals surface area (Å²) in [4.78, 5) is 0. The third-order valence-electron chi connectivity index (χ3n) is 0.589. The number of nitriles is 1. The molecule has 0 aromatic rings. The minimum absolute atomic E-state index is 0.488. The topological polar surface area (TPSA) is 44.0 Å². The molecule has 38 valence electrons. The molecular weight excluding hydrogens is 90.1 g/mol. The average Bonchev–Trinajstić information content (AvgIpc) is 1.65. The van der Waals surface area contributed by atoms with E-state index in [2.05, 4.69) is 6.58 Å². The Bertz CT molecular complexity index is 112. The van der Waals surface area contributed by atoms with Crippen molar-refractivity contribution < 1.29 is 5.11 Å². The van der Waals surface area contributed by atoms with E-state index in [9.17, 15) is 0 Å². The fourth-order valence-corrected chi connectivity index (χ4v) is 0.110. The van der Waals surface area contributed by atoms with Gasteiger partial charge in [-0.1, -0.05) is 6.58 Å². The fraction of sp³-hybridized carbons (Fsp3) is 0.400. The van der Waals surface area contributed by atoms with Gasteiger partial charge in [0.1, 0.15) is 0 Å². The molecule has 0 aromatic carbocycles. The first-order valence-electron chi connectivity index (χ1n) is 1.91. The molecular formula is C5H7NO. The van der Waals surface area contributed by atoms with Crippen molar-refractivity contribution >= 4 is 0 Å². The van der Waals surface area contributed by atoms with Crippen molar-refractivity contribution in [3.05, 3.63) is 12.2 Å². The van der Waals surface area contributed by atoms with Gasteiger partial charge in [0.15, 0.2) is 6.10 Å². The fourth-order valence-electron chi connectivity index (χ4n) is 0.110. The molecule has 0 rings (SSSR count). The molecule has 0 saturated carbocycles.